The molecule has 0 aliphatic carbocycles. The number of rotatable bonds is 4. The van der Waals surface area contributed by atoms with E-state index in [2.05, 4.69) is 37.7 Å². The van der Waals surface area contributed by atoms with Crippen LogP contribution in [0.1, 0.15) is 36.8 Å². The van der Waals surface area contributed by atoms with Crippen molar-refractivity contribution in [2.75, 3.05) is 0 Å². The number of thiocarbonyl (C=S) groups is 1. The van der Waals surface area contributed by atoms with Crippen LogP contribution in [0.2, 0.25) is 0 Å². The number of nitrogens with zero attached hydrogens (tertiary/aromatic N) is 3. The maximum atomic E-state index is 12.4. The molecule has 3 rings (SSSR count). The summed E-state index contributed by atoms with van der Waals surface area (Å²) in [7, 11) is 0. The summed E-state index contributed by atoms with van der Waals surface area (Å²) in [6, 6.07) is 6.56. The minimum absolute atomic E-state index is 0.0481. The summed E-state index contributed by atoms with van der Waals surface area (Å²) >= 11 is 4.59. The molecule has 0 radical (unpaired) electrons. The molecule has 26 heavy (non-hydrogen) atoms. The Morgan fingerprint density at radius 2 is 2.12 bits per heavy atom. The number of hydrogen-bond donors (Lipinski definition) is 2. The Kier molecular flexibility index (Phi) is 4.39. The molecule has 1 amide bonds. The predicted molar refractivity (Wildman–Crippen MR) is 101 cm³/mol. The molecule has 0 spiro atoms. The monoisotopic (exact) mass is 368 g/mol. The van der Waals surface area contributed by atoms with Crippen molar-refractivity contribution < 1.29 is 14.7 Å². The van der Waals surface area contributed by atoms with Crippen LogP contribution < -0.4 is 5.32 Å². The van der Waals surface area contributed by atoms with E-state index >= 15 is 0 Å². The number of benzene rings is 1. The zero-order valence-corrected chi connectivity index (χ0v) is 15.2. The highest BCUT2D eigenvalue weighted by atomic mass is 32.1. The van der Waals surface area contributed by atoms with Crippen molar-refractivity contribution in [3.05, 3.63) is 35.5 Å². The highest BCUT2D eigenvalue weighted by Gasteiger charge is 2.43. The predicted octanol–water partition coefficient (Wildman–Crippen LogP) is 2.96. The largest absolute Gasteiger partial charge is 0.478 e. The van der Waals surface area contributed by atoms with Gasteiger partial charge in [-0.25, -0.2) is 14.8 Å². The van der Waals surface area contributed by atoms with Gasteiger partial charge in [-0.15, -0.1) is 0 Å². The van der Waals surface area contributed by atoms with Gasteiger partial charge in [0.05, 0.1) is 21.9 Å². The number of amidine groups is 1. The number of nitrogens with one attached hydrogen (secondary N) is 1. The van der Waals surface area contributed by atoms with Crippen LogP contribution in [0.3, 0.4) is 0 Å². The normalized spacial score (nSPS) is 19.2. The minimum atomic E-state index is -1.16. The molecule has 1 aromatic heterocycles. The van der Waals surface area contributed by atoms with E-state index in [4.69, 9.17) is 0 Å². The lowest BCUT2D eigenvalue weighted by molar-refractivity contribution is -0.124. The minimum Gasteiger partial charge on any atom is -0.478 e. The number of carbonyl (C=O) groups excluding carboxylic acids is 1. The molecule has 7 nitrogen and oxygen atoms in total. The van der Waals surface area contributed by atoms with Crippen molar-refractivity contribution in [1.82, 2.24) is 10.3 Å². The van der Waals surface area contributed by atoms with Gasteiger partial charge in [-0.3, -0.25) is 4.79 Å². The van der Waals surface area contributed by atoms with Gasteiger partial charge in [-0.05, 0) is 49.3 Å². The second-order valence-corrected chi connectivity index (χ2v) is 6.67. The lowest BCUT2D eigenvalue weighted by Crippen LogP contribution is -2.41. The summed E-state index contributed by atoms with van der Waals surface area (Å²) in [5.74, 6) is -1.31. The number of amides is 1. The molecular formula is C18H16N4O3S. The van der Waals surface area contributed by atoms with Crippen LogP contribution in [0.4, 0.5) is 5.69 Å². The van der Waals surface area contributed by atoms with Gasteiger partial charge in [0.15, 0.2) is 5.84 Å². The average Bonchev–Trinajstić information content (AvgIpc) is 2.90. The summed E-state index contributed by atoms with van der Waals surface area (Å²) in [5, 5.41) is 15.1. The highest BCUT2D eigenvalue weighted by molar-refractivity contribution is 7.78. The molecule has 2 N–H and O–H groups in total. The van der Waals surface area contributed by atoms with Crippen molar-refractivity contribution >= 4 is 51.7 Å². The molecule has 1 aromatic carbocycles. The fourth-order valence-corrected chi connectivity index (χ4v) is 2.78. The zero-order chi connectivity index (χ0) is 19.1. The molecule has 0 fully saturated rings. The third-order valence-electron chi connectivity index (χ3n) is 4.59. The molecule has 8 heteroatoms. The first kappa shape index (κ1) is 17.8. The van der Waals surface area contributed by atoms with Gasteiger partial charge >= 0.3 is 5.97 Å². The Morgan fingerprint density at radius 3 is 2.69 bits per heavy atom. The van der Waals surface area contributed by atoms with Crippen LogP contribution in [0.5, 0.6) is 0 Å². The Balaban J connectivity index is 2.21. The van der Waals surface area contributed by atoms with E-state index in [-0.39, 0.29) is 28.9 Å². The fraction of sp³-hybridized carbons (Fsp3) is 0.278. The fourth-order valence-electron chi connectivity index (χ4n) is 2.68. The highest BCUT2D eigenvalue weighted by Crippen LogP contribution is 2.29. The summed E-state index contributed by atoms with van der Waals surface area (Å²) in [5.41, 5.74) is 0.238. The van der Waals surface area contributed by atoms with E-state index in [1.165, 1.54) is 6.07 Å². The summed E-state index contributed by atoms with van der Waals surface area (Å²) in [6.45, 7) is 5.49. The quantitative estimate of drug-likeness (QED) is 0.638. The van der Waals surface area contributed by atoms with Gasteiger partial charge in [0.25, 0.3) is 5.91 Å². The van der Waals surface area contributed by atoms with Crippen LogP contribution in [0, 0.1) is 5.92 Å². The average molecular weight is 368 g/mol. The number of isothiocyanates is 1. The Hall–Kier alpha value is -2.96. The molecule has 132 valence electrons. The van der Waals surface area contributed by atoms with Crippen molar-refractivity contribution in [3.63, 3.8) is 0 Å². The SMILES string of the molecule is CC(C)C1(C)N=C(c2nc3ccc(N=C=S)cc3cc2C(=O)O)NC1=O. The number of aromatic nitrogens is 1. The molecule has 1 aliphatic heterocycles. The van der Waals surface area contributed by atoms with E-state index in [0.717, 1.165) is 0 Å². The molecule has 2 heterocycles. The van der Waals surface area contributed by atoms with E-state index in [0.29, 0.717) is 16.6 Å². The number of carboxylic acids is 1. The molecule has 1 aliphatic rings. The second-order valence-electron chi connectivity index (χ2n) is 6.49. The molecule has 1 atom stereocenters. The van der Waals surface area contributed by atoms with Gasteiger partial charge in [-0.2, -0.15) is 4.99 Å². The lowest BCUT2D eigenvalue weighted by atomic mass is 9.89. The van der Waals surface area contributed by atoms with Crippen LogP contribution >= 0.6 is 12.2 Å². The third-order valence-corrected chi connectivity index (χ3v) is 4.68. The molecule has 0 saturated heterocycles. The van der Waals surface area contributed by atoms with E-state index < -0.39 is 11.5 Å². The molecule has 0 saturated carbocycles. The van der Waals surface area contributed by atoms with Crippen LogP contribution in [0.25, 0.3) is 10.9 Å². The van der Waals surface area contributed by atoms with E-state index in [1.54, 1.807) is 25.1 Å². The lowest BCUT2D eigenvalue weighted by Gasteiger charge is -2.21. The summed E-state index contributed by atoms with van der Waals surface area (Å²) in [4.78, 5) is 36.9. The number of aromatic carboxylic acids is 1. The van der Waals surface area contributed by atoms with Crippen molar-refractivity contribution in [2.45, 2.75) is 26.3 Å². The van der Waals surface area contributed by atoms with Crippen molar-refractivity contribution in [2.24, 2.45) is 15.9 Å². The smallest absolute Gasteiger partial charge is 0.338 e. The van der Waals surface area contributed by atoms with E-state index in [9.17, 15) is 14.7 Å². The molecule has 0 bridgehead atoms. The maximum absolute atomic E-state index is 12.4. The van der Waals surface area contributed by atoms with Crippen molar-refractivity contribution in [3.8, 4) is 0 Å². The standard InChI is InChI=1S/C18H16N4O3S/c1-9(2)18(3)17(25)21-15(22-18)14-12(16(23)24)7-10-6-11(19-8-26)4-5-13(10)20-14/h4-7,9H,1-3H3,(H,23,24)(H,21,22,25). The van der Waals surface area contributed by atoms with Gasteiger partial charge < -0.3 is 10.4 Å². The summed E-state index contributed by atoms with van der Waals surface area (Å²) < 4.78 is 0. The number of aliphatic imine (C=N–C) groups is 2. The number of carbonyl (C=O) groups is 2. The molecule has 2 aromatic rings. The maximum Gasteiger partial charge on any atom is 0.338 e. The van der Waals surface area contributed by atoms with Gasteiger partial charge in [-0.1, -0.05) is 13.8 Å². The second kappa shape index (κ2) is 6.40. The zero-order valence-electron chi connectivity index (χ0n) is 14.4. The van der Waals surface area contributed by atoms with E-state index in [1.807, 2.05) is 13.8 Å². The van der Waals surface area contributed by atoms with Crippen LogP contribution in [-0.4, -0.2) is 38.5 Å². The molecular weight excluding hydrogens is 352 g/mol. The van der Waals surface area contributed by atoms with Gasteiger partial charge in [0, 0.05) is 5.39 Å². The Bertz CT molecular complexity index is 1020. The number of carboxylic acid groups (broad SMARTS) is 1. The number of pyridine rings is 1. The van der Waals surface area contributed by atoms with Crippen LogP contribution in [0.15, 0.2) is 34.3 Å². The number of hydrogen-bond acceptors (Lipinski definition) is 6. The first-order chi connectivity index (χ1) is 12.3. The first-order valence-electron chi connectivity index (χ1n) is 7.94. The number of fused-ring (bicyclic) bond motifs is 1. The Morgan fingerprint density at radius 1 is 1.38 bits per heavy atom. The molecule has 1 unspecified atom stereocenters. The first-order valence-corrected chi connectivity index (χ1v) is 8.34. The topological polar surface area (TPSA) is 104 Å². The van der Waals surface area contributed by atoms with Crippen molar-refractivity contribution in [1.29, 1.82) is 0 Å². The van der Waals surface area contributed by atoms with Gasteiger partial charge in [0.1, 0.15) is 11.2 Å². The summed E-state index contributed by atoms with van der Waals surface area (Å²) in [6.07, 6.45) is 0. The third kappa shape index (κ3) is 2.89. The van der Waals surface area contributed by atoms with Crippen LogP contribution in [-0.2, 0) is 4.79 Å². The Labute approximate surface area is 154 Å². The van der Waals surface area contributed by atoms with Gasteiger partial charge in [0.2, 0.25) is 0 Å².